The number of nitrogens with one attached hydrogen (secondary N) is 2. The average molecular weight is 412 g/mol. The number of thiocarbonyl (C=S) groups is 1. The molecule has 0 aromatic heterocycles. The number of anilines is 2. The molecule has 1 fully saturated rings. The number of rotatable bonds is 5. The highest BCUT2D eigenvalue weighted by Gasteiger charge is 2.18. The molecule has 1 amide bonds. The molecule has 1 atom stereocenters. The summed E-state index contributed by atoms with van der Waals surface area (Å²) in [5.41, 5.74) is 2.60. The number of benzene rings is 2. The van der Waals surface area contributed by atoms with Crippen molar-refractivity contribution in [2.45, 2.75) is 52.2 Å². The second-order valence-corrected chi connectivity index (χ2v) is 8.09. The summed E-state index contributed by atoms with van der Waals surface area (Å²) in [5.74, 6) is 0.484. The van der Waals surface area contributed by atoms with Crippen LogP contribution < -0.4 is 20.3 Å². The van der Waals surface area contributed by atoms with Crippen molar-refractivity contribution in [3.63, 3.8) is 0 Å². The second-order valence-electron chi connectivity index (χ2n) is 7.68. The van der Waals surface area contributed by atoms with E-state index in [0.717, 1.165) is 18.0 Å². The van der Waals surface area contributed by atoms with Gasteiger partial charge in [0.15, 0.2) is 5.11 Å². The molecule has 2 aromatic carbocycles. The van der Waals surface area contributed by atoms with Crippen molar-refractivity contribution in [2.75, 3.05) is 16.8 Å². The van der Waals surface area contributed by atoms with Crippen LogP contribution in [-0.4, -0.2) is 29.7 Å². The molecule has 0 saturated carbocycles. The number of hydrogen-bond donors (Lipinski definition) is 2. The summed E-state index contributed by atoms with van der Waals surface area (Å²) in [4.78, 5) is 14.8. The average Bonchev–Trinajstić information content (AvgIpc) is 2.69. The number of nitrogens with zero attached hydrogens (tertiary/aromatic N) is 1. The molecule has 0 aliphatic carbocycles. The molecule has 154 valence electrons. The molecule has 2 aromatic rings. The number of hydrogen-bond acceptors (Lipinski definition) is 4. The molecule has 1 unspecified atom stereocenters. The van der Waals surface area contributed by atoms with Gasteiger partial charge in [-0.25, -0.2) is 0 Å². The second kappa shape index (κ2) is 9.74. The Labute approximate surface area is 178 Å². The fraction of sp³-hybridized carbons (Fsp3) is 0.391. The van der Waals surface area contributed by atoms with E-state index in [1.165, 1.54) is 24.9 Å². The number of ether oxygens (including phenoxy) is 1. The number of carbonyl (C=O) groups excluding carboxylic acids is 1. The summed E-state index contributed by atoms with van der Waals surface area (Å²) in [6, 6.07) is 15.8. The van der Waals surface area contributed by atoms with Crippen LogP contribution in [0.3, 0.4) is 0 Å². The lowest BCUT2D eigenvalue weighted by molar-refractivity contribution is 0.0977. The summed E-state index contributed by atoms with van der Waals surface area (Å²) < 4.78 is 5.60. The Balaban J connectivity index is 1.54. The van der Waals surface area contributed by atoms with Crippen LogP contribution in [0.15, 0.2) is 48.5 Å². The van der Waals surface area contributed by atoms with E-state index >= 15 is 0 Å². The maximum Gasteiger partial charge on any atom is 0.257 e. The third kappa shape index (κ3) is 5.94. The van der Waals surface area contributed by atoms with E-state index in [9.17, 15) is 4.79 Å². The standard InChI is InChI=1S/C23H29N3O2S/c1-16(2)28-21-13-7-18(8-14-21)22(27)25-23(29)24-19-9-11-20(12-10-19)26-15-5-4-6-17(26)3/h7-14,16-17H,4-6,15H2,1-3H3,(H2,24,25,27,29). The van der Waals surface area contributed by atoms with Crippen LogP contribution in [0.1, 0.15) is 50.4 Å². The monoisotopic (exact) mass is 411 g/mol. The van der Waals surface area contributed by atoms with Gasteiger partial charge in [0, 0.05) is 29.5 Å². The van der Waals surface area contributed by atoms with Gasteiger partial charge in [0.05, 0.1) is 6.10 Å². The van der Waals surface area contributed by atoms with Crippen LogP contribution >= 0.6 is 12.2 Å². The van der Waals surface area contributed by atoms with Crippen LogP contribution in [0.25, 0.3) is 0 Å². The van der Waals surface area contributed by atoms with Gasteiger partial charge in [-0.2, -0.15) is 0 Å². The van der Waals surface area contributed by atoms with Crippen LogP contribution in [0.2, 0.25) is 0 Å². The van der Waals surface area contributed by atoms with Crippen LogP contribution in [0.4, 0.5) is 11.4 Å². The van der Waals surface area contributed by atoms with Gasteiger partial charge in [-0.15, -0.1) is 0 Å². The molecule has 1 aliphatic heterocycles. The molecular formula is C23H29N3O2S. The first-order valence-electron chi connectivity index (χ1n) is 10.2. The number of piperidine rings is 1. The van der Waals surface area contributed by atoms with Gasteiger partial charge in [0.25, 0.3) is 5.91 Å². The molecule has 0 radical (unpaired) electrons. The van der Waals surface area contributed by atoms with Crippen molar-refractivity contribution in [1.82, 2.24) is 5.32 Å². The summed E-state index contributed by atoms with van der Waals surface area (Å²) in [6.07, 6.45) is 3.88. The first-order chi connectivity index (χ1) is 13.9. The van der Waals surface area contributed by atoms with E-state index in [-0.39, 0.29) is 17.1 Å². The molecule has 1 heterocycles. The Morgan fingerprint density at radius 3 is 2.41 bits per heavy atom. The first-order valence-corrected chi connectivity index (χ1v) is 10.6. The lowest BCUT2D eigenvalue weighted by atomic mass is 10.0. The van der Waals surface area contributed by atoms with Gasteiger partial charge in [0.1, 0.15) is 5.75 Å². The molecule has 0 spiro atoms. The Morgan fingerprint density at radius 1 is 1.10 bits per heavy atom. The summed E-state index contributed by atoms with van der Waals surface area (Å²) in [5, 5.41) is 6.07. The van der Waals surface area contributed by atoms with E-state index < -0.39 is 0 Å². The van der Waals surface area contributed by atoms with Gasteiger partial charge in [-0.1, -0.05) is 0 Å². The van der Waals surface area contributed by atoms with Crippen molar-refractivity contribution in [3.05, 3.63) is 54.1 Å². The topological polar surface area (TPSA) is 53.6 Å². The molecule has 6 heteroatoms. The number of carbonyl (C=O) groups is 1. The van der Waals surface area contributed by atoms with Gasteiger partial charge in [0.2, 0.25) is 0 Å². The van der Waals surface area contributed by atoms with Crippen molar-refractivity contribution in [3.8, 4) is 5.75 Å². The third-order valence-corrected chi connectivity index (χ3v) is 5.18. The highest BCUT2D eigenvalue weighted by atomic mass is 32.1. The minimum Gasteiger partial charge on any atom is -0.491 e. The predicted molar refractivity (Wildman–Crippen MR) is 123 cm³/mol. The molecule has 3 rings (SSSR count). The maximum absolute atomic E-state index is 12.4. The zero-order valence-electron chi connectivity index (χ0n) is 17.3. The number of amides is 1. The van der Waals surface area contributed by atoms with Crippen molar-refractivity contribution < 1.29 is 9.53 Å². The molecular weight excluding hydrogens is 382 g/mol. The molecule has 5 nitrogen and oxygen atoms in total. The highest BCUT2D eigenvalue weighted by Crippen LogP contribution is 2.25. The molecule has 1 aliphatic rings. The van der Waals surface area contributed by atoms with E-state index in [1.54, 1.807) is 24.3 Å². The fourth-order valence-corrected chi connectivity index (χ4v) is 3.72. The maximum atomic E-state index is 12.4. The molecule has 2 N–H and O–H groups in total. The zero-order valence-corrected chi connectivity index (χ0v) is 18.1. The van der Waals surface area contributed by atoms with Crippen molar-refractivity contribution in [1.29, 1.82) is 0 Å². The smallest absolute Gasteiger partial charge is 0.257 e. The summed E-state index contributed by atoms with van der Waals surface area (Å²) in [7, 11) is 0. The van der Waals surface area contributed by atoms with Crippen LogP contribution in [0, 0.1) is 0 Å². The summed E-state index contributed by atoms with van der Waals surface area (Å²) in [6.45, 7) is 7.30. The van der Waals surface area contributed by atoms with Crippen molar-refractivity contribution in [2.24, 2.45) is 0 Å². The summed E-state index contributed by atoms with van der Waals surface area (Å²) >= 11 is 5.29. The van der Waals surface area contributed by atoms with E-state index in [4.69, 9.17) is 17.0 Å². The predicted octanol–water partition coefficient (Wildman–Crippen LogP) is 4.98. The third-order valence-electron chi connectivity index (χ3n) is 4.98. The van der Waals surface area contributed by atoms with Gasteiger partial charge in [-0.3, -0.25) is 10.1 Å². The quantitative estimate of drug-likeness (QED) is 0.680. The van der Waals surface area contributed by atoms with E-state index in [0.29, 0.717) is 11.6 Å². The lowest BCUT2D eigenvalue weighted by Gasteiger charge is -2.35. The minimum atomic E-state index is -0.252. The molecule has 0 bridgehead atoms. The van der Waals surface area contributed by atoms with Gasteiger partial charge in [-0.05, 0) is 101 Å². The lowest BCUT2D eigenvalue weighted by Crippen LogP contribution is -2.37. The van der Waals surface area contributed by atoms with Crippen LogP contribution in [-0.2, 0) is 0 Å². The Hall–Kier alpha value is -2.60. The minimum absolute atomic E-state index is 0.0935. The fourth-order valence-electron chi connectivity index (χ4n) is 3.51. The Kier molecular flexibility index (Phi) is 7.09. The van der Waals surface area contributed by atoms with Crippen molar-refractivity contribution >= 4 is 34.6 Å². The molecule has 1 saturated heterocycles. The van der Waals surface area contributed by atoms with E-state index in [2.05, 4.69) is 34.6 Å². The van der Waals surface area contributed by atoms with Gasteiger partial charge < -0.3 is 15.0 Å². The molecule has 29 heavy (non-hydrogen) atoms. The van der Waals surface area contributed by atoms with Gasteiger partial charge >= 0.3 is 0 Å². The SMILES string of the molecule is CC(C)Oc1ccc(C(=O)NC(=S)Nc2ccc(N3CCCCC3C)cc2)cc1. The van der Waals surface area contributed by atoms with E-state index in [1.807, 2.05) is 26.0 Å². The Morgan fingerprint density at radius 2 is 1.79 bits per heavy atom. The Bertz CT molecular complexity index is 834. The first kappa shape index (κ1) is 21.1. The zero-order chi connectivity index (χ0) is 20.8. The van der Waals surface area contributed by atoms with Crippen LogP contribution in [0.5, 0.6) is 5.75 Å². The largest absolute Gasteiger partial charge is 0.491 e. The highest BCUT2D eigenvalue weighted by molar-refractivity contribution is 7.80. The normalized spacial score (nSPS) is 16.4.